The first-order chi connectivity index (χ1) is 17.6. The van der Waals surface area contributed by atoms with Gasteiger partial charge >= 0.3 is 5.97 Å². The zero-order valence-electron chi connectivity index (χ0n) is 19.4. The minimum atomic E-state index is -1.12. The lowest BCUT2D eigenvalue weighted by molar-refractivity contribution is -0.138. The van der Waals surface area contributed by atoms with Gasteiger partial charge in [-0.05, 0) is 47.5 Å². The first-order valence-corrected chi connectivity index (χ1v) is 11.6. The molecule has 2 amide bonds. The van der Waals surface area contributed by atoms with Crippen LogP contribution in [0.4, 0.5) is 0 Å². The highest BCUT2D eigenvalue weighted by molar-refractivity contribution is 6.22. The zero-order chi connectivity index (χ0) is 24.9. The monoisotopic (exact) mass is 477 g/mol. The first-order valence-electron chi connectivity index (χ1n) is 11.6. The largest absolute Gasteiger partial charge is 0.489 e. The summed E-state index contributed by atoms with van der Waals surface area (Å²) in [4.78, 5) is 40.6. The van der Waals surface area contributed by atoms with E-state index < -0.39 is 23.8 Å². The van der Waals surface area contributed by atoms with Crippen molar-refractivity contribution in [3.8, 4) is 11.5 Å². The van der Waals surface area contributed by atoms with E-state index >= 15 is 0 Å². The fourth-order valence-electron chi connectivity index (χ4n) is 4.14. The molecule has 0 spiro atoms. The third-order valence-corrected chi connectivity index (χ3v) is 5.97. The Balaban J connectivity index is 1.33. The summed E-state index contributed by atoms with van der Waals surface area (Å²) in [5.41, 5.74) is 2.42. The summed E-state index contributed by atoms with van der Waals surface area (Å²) < 4.78 is 11.4. The molecule has 1 atom stereocenters. The van der Waals surface area contributed by atoms with Crippen LogP contribution in [0.25, 0.3) is 0 Å². The molecule has 0 saturated heterocycles. The Morgan fingerprint density at radius 2 is 1.14 bits per heavy atom. The maximum absolute atomic E-state index is 13.3. The van der Waals surface area contributed by atoms with E-state index in [1.54, 1.807) is 48.5 Å². The molecule has 6 nitrogen and oxygen atoms in total. The summed E-state index contributed by atoms with van der Waals surface area (Å²) >= 11 is 0. The Hall–Kier alpha value is -4.71. The summed E-state index contributed by atoms with van der Waals surface area (Å²) in [6.07, 6.45) is 0.142. The second-order valence-electron chi connectivity index (χ2n) is 8.40. The van der Waals surface area contributed by atoms with E-state index in [1.807, 2.05) is 60.7 Å². The Morgan fingerprint density at radius 3 is 1.72 bits per heavy atom. The van der Waals surface area contributed by atoms with Gasteiger partial charge in [0.25, 0.3) is 11.8 Å². The normalized spacial score (nSPS) is 13.3. The van der Waals surface area contributed by atoms with Crippen molar-refractivity contribution in [2.24, 2.45) is 0 Å². The van der Waals surface area contributed by atoms with Crippen molar-refractivity contribution in [2.75, 3.05) is 0 Å². The molecule has 1 unspecified atom stereocenters. The average Bonchev–Trinajstić information content (AvgIpc) is 3.17. The lowest BCUT2D eigenvalue weighted by Gasteiger charge is -2.24. The molecule has 0 fully saturated rings. The Labute approximate surface area is 208 Å². The number of rotatable bonds is 8. The SMILES string of the molecule is O=C(Oc1ccc(OCc2ccccc2)cc1)C(Cc1ccccc1)N1C(=O)c2ccccc2C1=O. The van der Waals surface area contributed by atoms with Crippen LogP contribution in [-0.2, 0) is 17.8 Å². The highest BCUT2D eigenvalue weighted by atomic mass is 16.5. The molecule has 0 radical (unpaired) electrons. The van der Waals surface area contributed by atoms with Crippen LogP contribution >= 0.6 is 0 Å². The smallest absolute Gasteiger partial charge is 0.335 e. The van der Waals surface area contributed by atoms with Crippen LogP contribution in [-0.4, -0.2) is 28.7 Å². The van der Waals surface area contributed by atoms with Gasteiger partial charge in [0, 0.05) is 6.42 Å². The van der Waals surface area contributed by atoms with Crippen molar-refractivity contribution >= 4 is 17.8 Å². The number of benzene rings is 4. The molecule has 0 aliphatic carbocycles. The molecule has 1 aliphatic rings. The molecule has 6 heteroatoms. The van der Waals surface area contributed by atoms with Crippen molar-refractivity contribution < 1.29 is 23.9 Å². The highest BCUT2D eigenvalue weighted by Crippen LogP contribution is 2.27. The fourth-order valence-corrected chi connectivity index (χ4v) is 4.14. The van der Waals surface area contributed by atoms with E-state index in [1.165, 1.54) is 0 Å². The fraction of sp³-hybridized carbons (Fsp3) is 0.100. The van der Waals surface area contributed by atoms with E-state index in [4.69, 9.17) is 9.47 Å². The number of hydrogen-bond donors (Lipinski definition) is 0. The van der Waals surface area contributed by atoms with Crippen LogP contribution in [0.5, 0.6) is 11.5 Å². The second kappa shape index (κ2) is 10.3. The molecule has 0 saturated carbocycles. The number of ether oxygens (including phenoxy) is 2. The van der Waals surface area contributed by atoms with Crippen molar-refractivity contribution in [3.05, 3.63) is 131 Å². The molecule has 4 aromatic carbocycles. The topological polar surface area (TPSA) is 72.9 Å². The Bertz CT molecular complexity index is 1350. The third-order valence-electron chi connectivity index (χ3n) is 5.97. The quantitative estimate of drug-likeness (QED) is 0.201. The molecule has 0 aromatic heterocycles. The van der Waals surface area contributed by atoms with E-state index in [9.17, 15) is 14.4 Å². The van der Waals surface area contributed by atoms with Gasteiger partial charge in [-0.2, -0.15) is 0 Å². The minimum absolute atomic E-state index is 0.142. The number of nitrogens with zero attached hydrogens (tertiary/aromatic N) is 1. The van der Waals surface area contributed by atoms with Crippen LogP contribution in [0.3, 0.4) is 0 Å². The zero-order valence-corrected chi connectivity index (χ0v) is 19.4. The number of hydrogen-bond acceptors (Lipinski definition) is 5. The van der Waals surface area contributed by atoms with E-state index in [0.717, 1.165) is 16.0 Å². The summed E-state index contributed by atoms with van der Waals surface area (Å²) in [7, 11) is 0. The molecule has 5 rings (SSSR count). The van der Waals surface area contributed by atoms with Gasteiger partial charge < -0.3 is 9.47 Å². The lowest BCUT2D eigenvalue weighted by atomic mass is 10.0. The second-order valence-corrected chi connectivity index (χ2v) is 8.40. The van der Waals surface area contributed by atoms with Gasteiger partial charge in [-0.25, -0.2) is 4.79 Å². The number of esters is 1. The number of carbonyl (C=O) groups excluding carboxylic acids is 3. The molecular weight excluding hydrogens is 454 g/mol. The molecule has 1 heterocycles. The van der Waals surface area contributed by atoms with Crippen LogP contribution in [0.1, 0.15) is 31.8 Å². The molecule has 0 bridgehead atoms. The Kier molecular flexibility index (Phi) is 6.58. The summed E-state index contributed by atoms with van der Waals surface area (Å²) in [6.45, 7) is 0.416. The first kappa shape index (κ1) is 23.1. The number of fused-ring (bicyclic) bond motifs is 1. The lowest BCUT2D eigenvalue weighted by Crippen LogP contribution is -2.48. The summed E-state index contributed by atoms with van der Waals surface area (Å²) in [5, 5.41) is 0. The molecule has 4 aromatic rings. The molecule has 36 heavy (non-hydrogen) atoms. The predicted octanol–water partition coefficient (Wildman–Crippen LogP) is 5.08. The van der Waals surface area contributed by atoms with Crippen LogP contribution in [0.2, 0.25) is 0 Å². The maximum Gasteiger partial charge on any atom is 0.335 e. The van der Waals surface area contributed by atoms with Crippen molar-refractivity contribution in [2.45, 2.75) is 19.1 Å². The summed E-state index contributed by atoms with van der Waals surface area (Å²) in [5.74, 6) is -0.774. The number of carbonyl (C=O) groups is 3. The van der Waals surface area contributed by atoms with E-state index in [2.05, 4.69) is 0 Å². The third kappa shape index (κ3) is 4.88. The number of amides is 2. The average molecular weight is 478 g/mol. The molecule has 0 N–H and O–H groups in total. The van der Waals surface area contributed by atoms with Crippen LogP contribution in [0.15, 0.2) is 109 Å². The molecule has 178 valence electrons. The van der Waals surface area contributed by atoms with Crippen LogP contribution in [0, 0.1) is 0 Å². The summed E-state index contributed by atoms with van der Waals surface area (Å²) in [6, 6.07) is 31.1. The van der Waals surface area contributed by atoms with Gasteiger partial charge in [-0.15, -0.1) is 0 Å². The van der Waals surface area contributed by atoms with Gasteiger partial charge in [0.1, 0.15) is 24.1 Å². The van der Waals surface area contributed by atoms with E-state index in [0.29, 0.717) is 18.1 Å². The minimum Gasteiger partial charge on any atom is -0.489 e. The van der Waals surface area contributed by atoms with Gasteiger partial charge in [-0.1, -0.05) is 72.8 Å². The molecular formula is C30H23NO5. The Morgan fingerprint density at radius 1 is 0.639 bits per heavy atom. The predicted molar refractivity (Wildman–Crippen MR) is 134 cm³/mol. The van der Waals surface area contributed by atoms with E-state index in [-0.39, 0.29) is 17.5 Å². The maximum atomic E-state index is 13.3. The number of imide groups is 1. The van der Waals surface area contributed by atoms with Gasteiger partial charge in [-0.3, -0.25) is 14.5 Å². The van der Waals surface area contributed by atoms with Crippen molar-refractivity contribution in [3.63, 3.8) is 0 Å². The molecule has 1 aliphatic heterocycles. The van der Waals surface area contributed by atoms with Gasteiger partial charge in [0.05, 0.1) is 11.1 Å². The van der Waals surface area contributed by atoms with Crippen LogP contribution < -0.4 is 9.47 Å². The van der Waals surface area contributed by atoms with Crippen molar-refractivity contribution in [1.82, 2.24) is 4.90 Å². The standard InChI is InChI=1S/C30H23NO5/c32-28-25-13-7-8-14-26(25)29(33)31(28)27(19-21-9-3-1-4-10-21)30(34)36-24-17-15-23(16-18-24)35-20-22-11-5-2-6-12-22/h1-18,27H,19-20H2. The van der Waals surface area contributed by atoms with Gasteiger partial charge in [0.2, 0.25) is 0 Å². The van der Waals surface area contributed by atoms with Crippen molar-refractivity contribution in [1.29, 1.82) is 0 Å². The highest BCUT2D eigenvalue weighted by Gasteiger charge is 2.43. The van der Waals surface area contributed by atoms with Gasteiger partial charge in [0.15, 0.2) is 0 Å².